The summed E-state index contributed by atoms with van der Waals surface area (Å²) in [6.07, 6.45) is 3.81. The number of hydrogen-bond donors (Lipinski definition) is 0. The van der Waals surface area contributed by atoms with Gasteiger partial charge in [0.25, 0.3) is 0 Å². The Labute approximate surface area is 82.7 Å². The first kappa shape index (κ1) is 8.62. The summed E-state index contributed by atoms with van der Waals surface area (Å²) in [7, 11) is 0. The monoisotopic (exact) mass is 285 g/mol. The summed E-state index contributed by atoms with van der Waals surface area (Å²) in [6.45, 7) is 0. The van der Waals surface area contributed by atoms with Crippen LogP contribution in [0.4, 0.5) is 0 Å². The lowest BCUT2D eigenvalue weighted by molar-refractivity contribution is 1.21. The molecule has 0 fully saturated rings. The minimum Gasteiger partial charge on any atom is -0.243 e. The normalized spacial score (nSPS) is 9.90. The van der Waals surface area contributed by atoms with E-state index in [-0.39, 0.29) is 0 Å². The topological polar surface area (TPSA) is 12.9 Å². The second-order valence-corrected chi connectivity index (χ2v) is 4.04. The minimum atomic E-state index is 0.558. The fourth-order valence-electron chi connectivity index (χ4n) is 0.545. The van der Waals surface area contributed by atoms with E-state index in [1.807, 2.05) is 12.3 Å². The highest BCUT2D eigenvalue weighted by molar-refractivity contribution is 14.1. The molecule has 0 N–H and O–H groups in total. The Morgan fingerprint density at radius 2 is 2.40 bits per heavy atom. The van der Waals surface area contributed by atoms with E-state index in [0.717, 1.165) is 3.57 Å². The third-order valence-electron chi connectivity index (χ3n) is 1.01. The van der Waals surface area contributed by atoms with E-state index in [0.29, 0.717) is 5.15 Å². The predicted molar refractivity (Wildman–Crippen MR) is 53.7 cm³/mol. The molecule has 1 aromatic rings. The lowest BCUT2D eigenvalue weighted by atomic mass is 10.5. The van der Waals surface area contributed by atoms with Crippen LogP contribution in [0.5, 0.6) is 0 Å². The van der Waals surface area contributed by atoms with Gasteiger partial charge in [0.1, 0.15) is 5.15 Å². The van der Waals surface area contributed by atoms with Crippen molar-refractivity contribution in [3.63, 3.8) is 0 Å². The molecule has 0 amide bonds. The van der Waals surface area contributed by atoms with Gasteiger partial charge in [-0.15, -0.1) is 11.8 Å². The van der Waals surface area contributed by atoms with Gasteiger partial charge in [0.2, 0.25) is 0 Å². The standard InChI is InChI=1S/C6H5ClINS/c1-10-5-3-9-6(7)2-4(5)8/h2-3H,1H3. The molecule has 0 saturated carbocycles. The van der Waals surface area contributed by atoms with Gasteiger partial charge >= 0.3 is 0 Å². The van der Waals surface area contributed by atoms with Crippen molar-refractivity contribution in [1.29, 1.82) is 0 Å². The van der Waals surface area contributed by atoms with E-state index in [1.165, 1.54) is 4.90 Å². The molecule has 0 spiro atoms. The van der Waals surface area contributed by atoms with Crippen molar-refractivity contribution in [3.8, 4) is 0 Å². The summed E-state index contributed by atoms with van der Waals surface area (Å²) in [5, 5.41) is 0.558. The van der Waals surface area contributed by atoms with E-state index in [9.17, 15) is 0 Å². The minimum absolute atomic E-state index is 0.558. The maximum Gasteiger partial charge on any atom is 0.130 e. The van der Waals surface area contributed by atoms with Gasteiger partial charge in [-0.1, -0.05) is 11.6 Å². The van der Waals surface area contributed by atoms with Crippen LogP contribution < -0.4 is 0 Å². The van der Waals surface area contributed by atoms with E-state index in [4.69, 9.17) is 11.6 Å². The van der Waals surface area contributed by atoms with Crippen LogP contribution in [0.1, 0.15) is 0 Å². The van der Waals surface area contributed by atoms with Crippen LogP contribution in [0, 0.1) is 3.57 Å². The van der Waals surface area contributed by atoms with Crippen LogP contribution in [-0.4, -0.2) is 11.2 Å². The molecule has 0 unspecified atom stereocenters. The van der Waals surface area contributed by atoms with Crippen molar-refractivity contribution in [2.24, 2.45) is 0 Å². The third-order valence-corrected chi connectivity index (χ3v) is 3.24. The van der Waals surface area contributed by atoms with Crippen LogP contribution >= 0.6 is 46.0 Å². The van der Waals surface area contributed by atoms with Crippen molar-refractivity contribution in [3.05, 3.63) is 21.0 Å². The zero-order valence-corrected chi connectivity index (χ0v) is 9.00. The van der Waals surface area contributed by atoms with Crippen molar-refractivity contribution in [1.82, 2.24) is 4.98 Å². The molecule has 1 heterocycles. The fourth-order valence-corrected chi connectivity index (χ4v) is 2.39. The maximum atomic E-state index is 5.65. The van der Waals surface area contributed by atoms with Crippen molar-refractivity contribution in [2.75, 3.05) is 6.26 Å². The van der Waals surface area contributed by atoms with Gasteiger partial charge in [0.15, 0.2) is 0 Å². The molecule has 0 aliphatic rings. The first-order valence-electron chi connectivity index (χ1n) is 2.59. The molecular formula is C6H5ClINS. The Kier molecular flexibility index (Phi) is 3.26. The molecule has 0 aromatic carbocycles. The van der Waals surface area contributed by atoms with Crippen molar-refractivity contribution >= 4 is 46.0 Å². The van der Waals surface area contributed by atoms with Gasteiger partial charge < -0.3 is 0 Å². The van der Waals surface area contributed by atoms with Gasteiger partial charge in [-0.3, -0.25) is 0 Å². The molecule has 4 heteroatoms. The maximum absolute atomic E-state index is 5.65. The molecule has 0 aliphatic heterocycles. The number of pyridine rings is 1. The van der Waals surface area contributed by atoms with Gasteiger partial charge in [-0.25, -0.2) is 4.98 Å². The Morgan fingerprint density at radius 1 is 1.70 bits per heavy atom. The highest BCUT2D eigenvalue weighted by atomic mass is 127. The fraction of sp³-hybridized carbons (Fsp3) is 0.167. The average molecular weight is 286 g/mol. The molecule has 1 rings (SSSR count). The Morgan fingerprint density at radius 3 is 2.90 bits per heavy atom. The Balaban J connectivity index is 3.07. The number of nitrogens with zero attached hydrogens (tertiary/aromatic N) is 1. The number of halogens is 2. The Hall–Kier alpha value is 0.520. The van der Waals surface area contributed by atoms with E-state index in [1.54, 1.807) is 18.0 Å². The van der Waals surface area contributed by atoms with E-state index < -0.39 is 0 Å². The molecule has 0 radical (unpaired) electrons. The van der Waals surface area contributed by atoms with Crippen LogP contribution in [0.2, 0.25) is 5.15 Å². The summed E-state index contributed by atoms with van der Waals surface area (Å²) in [6, 6.07) is 1.86. The van der Waals surface area contributed by atoms with Gasteiger partial charge in [0.05, 0.1) is 0 Å². The zero-order valence-electron chi connectivity index (χ0n) is 5.27. The summed E-state index contributed by atoms with van der Waals surface area (Å²) in [4.78, 5) is 5.12. The van der Waals surface area contributed by atoms with Crippen molar-refractivity contribution < 1.29 is 0 Å². The van der Waals surface area contributed by atoms with Gasteiger partial charge in [-0.05, 0) is 34.9 Å². The van der Waals surface area contributed by atoms with Crippen molar-refractivity contribution in [2.45, 2.75) is 4.90 Å². The second-order valence-electron chi connectivity index (χ2n) is 1.64. The van der Waals surface area contributed by atoms with Gasteiger partial charge in [0, 0.05) is 14.7 Å². The summed E-state index contributed by atoms with van der Waals surface area (Å²) >= 11 is 9.56. The molecule has 10 heavy (non-hydrogen) atoms. The first-order valence-corrected chi connectivity index (χ1v) is 5.27. The lowest BCUT2D eigenvalue weighted by Crippen LogP contribution is -1.80. The summed E-state index contributed by atoms with van der Waals surface area (Å²) < 4.78 is 1.16. The number of aromatic nitrogens is 1. The molecule has 0 saturated heterocycles. The molecule has 54 valence electrons. The molecule has 0 bridgehead atoms. The molecule has 0 aliphatic carbocycles. The molecule has 1 nitrogen and oxygen atoms in total. The second kappa shape index (κ2) is 3.78. The van der Waals surface area contributed by atoms with Crippen LogP contribution in [0.25, 0.3) is 0 Å². The smallest absolute Gasteiger partial charge is 0.130 e. The van der Waals surface area contributed by atoms with Crippen LogP contribution in [0.3, 0.4) is 0 Å². The molecule has 0 atom stereocenters. The quantitative estimate of drug-likeness (QED) is 0.447. The number of hydrogen-bond acceptors (Lipinski definition) is 2. The molecule has 1 aromatic heterocycles. The predicted octanol–water partition coefficient (Wildman–Crippen LogP) is 3.06. The summed E-state index contributed by atoms with van der Waals surface area (Å²) in [5.74, 6) is 0. The lowest BCUT2D eigenvalue weighted by Gasteiger charge is -1.97. The SMILES string of the molecule is CSc1cnc(Cl)cc1I. The van der Waals surface area contributed by atoms with E-state index >= 15 is 0 Å². The first-order chi connectivity index (χ1) is 4.74. The average Bonchev–Trinajstić information content (AvgIpc) is 1.88. The van der Waals surface area contributed by atoms with Crippen LogP contribution in [0.15, 0.2) is 17.2 Å². The molecular weight excluding hydrogens is 280 g/mol. The highest BCUT2D eigenvalue weighted by Gasteiger charge is 1.98. The number of thioether (sulfide) groups is 1. The largest absolute Gasteiger partial charge is 0.243 e. The zero-order chi connectivity index (χ0) is 7.56. The highest BCUT2D eigenvalue weighted by Crippen LogP contribution is 2.22. The Bertz CT molecular complexity index is 241. The van der Waals surface area contributed by atoms with E-state index in [2.05, 4.69) is 27.6 Å². The number of rotatable bonds is 1. The van der Waals surface area contributed by atoms with Crippen LogP contribution in [-0.2, 0) is 0 Å². The van der Waals surface area contributed by atoms with Gasteiger partial charge in [-0.2, -0.15) is 0 Å². The summed E-state index contributed by atoms with van der Waals surface area (Å²) in [5.41, 5.74) is 0. The third kappa shape index (κ3) is 2.00.